The van der Waals surface area contributed by atoms with Gasteiger partial charge in [-0.3, -0.25) is 0 Å². The van der Waals surface area contributed by atoms with Crippen LogP contribution in [0.15, 0.2) is 46.6 Å². The molecule has 2 aromatic rings. The zero-order chi connectivity index (χ0) is 18.2. The molecule has 132 valence electrons. The highest BCUT2D eigenvalue weighted by atomic mass is 35.5. The van der Waals surface area contributed by atoms with E-state index in [0.29, 0.717) is 28.7 Å². The van der Waals surface area contributed by atoms with Crippen LogP contribution in [-0.4, -0.2) is 18.8 Å². The zero-order valence-corrected chi connectivity index (χ0v) is 14.3. The van der Waals surface area contributed by atoms with Crippen LogP contribution in [0, 0.1) is 5.82 Å². The summed E-state index contributed by atoms with van der Waals surface area (Å²) in [4.78, 5) is 0. The van der Waals surface area contributed by atoms with E-state index in [-0.39, 0.29) is 18.1 Å². The van der Waals surface area contributed by atoms with Gasteiger partial charge in [-0.1, -0.05) is 17.7 Å². The van der Waals surface area contributed by atoms with Crippen molar-refractivity contribution >= 4 is 23.8 Å². The van der Waals surface area contributed by atoms with E-state index in [2.05, 4.69) is 10.2 Å². The molecule has 0 atom stereocenters. The Balaban J connectivity index is 2.19. The number of ether oxygens (including phenoxy) is 2. The minimum Gasteiger partial charge on any atom is -0.490 e. The Morgan fingerprint density at radius 3 is 2.68 bits per heavy atom. The molecular weight excluding hydrogens is 347 g/mol. The van der Waals surface area contributed by atoms with E-state index in [9.17, 15) is 4.39 Å². The van der Waals surface area contributed by atoms with Gasteiger partial charge in [0, 0.05) is 5.56 Å². The number of rotatable bonds is 7. The highest BCUT2D eigenvalue weighted by Crippen LogP contribution is 2.30. The van der Waals surface area contributed by atoms with Crippen LogP contribution in [0.25, 0.3) is 0 Å². The van der Waals surface area contributed by atoms with Crippen LogP contribution in [0.3, 0.4) is 0 Å². The Hall–Kier alpha value is -2.80. The van der Waals surface area contributed by atoms with Gasteiger partial charge in [0.15, 0.2) is 11.5 Å². The highest BCUT2D eigenvalue weighted by molar-refractivity contribution is 6.31. The number of hydrogen-bond acceptors (Lipinski definition) is 4. The molecule has 0 saturated heterocycles. The predicted octanol–water partition coefficient (Wildman–Crippen LogP) is 3.06. The molecule has 2 aromatic carbocycles. The molecule has 2 rings (SSSR count). The lowest BCUT2D eigenvalue weighted by molar-refractivity contribution is 0.266. The monoisotopic (exact) mass is 364 g/mol. The molecule has 0 fully saturated rings. The summed E-state index contributed by atoms with van der Waals surface area (Å²) in [6, 6.07) is 9.63. The average molecular weight is 365 g/mol. The lowest BCUT2D eigenvalue weighted by atomic mass is 10.2. The van der Waals surface area contributed by atoms with Gasteiger partial charge in [-0.2, -0.15) is 5.10 Å². The predicted molar refractivity (Wildman–Crippen MR) is 96.8 cm³/mol. The molecule has 6 nitrogen and oxygen atoms in total. The van der Waals surface area contributed by atoms with E-state index in [0.717, 1.165) is 0 Å². The lowest BCUT2D eigenvalue weighted by Crippen LogP contribution is -2.21. The fourth-order valence-corrected chi connectivity index (χ4v) is 2.19. The normalized spacial score (nSPS) is 10.7. The summed E-state index contributed by atoms with van der Waals surface area (Å²) in [5.74, 6) is 0.387. The van der Waals surface area contributed by atoms with Gasteiger partial charge in [0.05, 0.1) is 17.8 Å². The highest BCUT2D eigenvalue weighted by Gasteiger charge is 2.11. The van der Waals surface area contributed by atoms with Crippen molar-refractivity contribution in [2.75, 3.05) is 6.61 Å². The number of hydrogen-bond donors (Lipinski definition) is 2. The van der Waals surface area contributed by atoms with Crippen LogP contribution in [-0.2, 0) is 6.61 Å². The Bertz CT molecular complexity index is 772. The molecule has 0 spiro atoms. The third-order valence-electron chi connectivity index (χ3n) is 3.08. The molecule has 0 bridgehead atoms. The van der Waals surface area contributed by atoms with Gasteiger partial charge in [0.2, 0.25) is 5.96 Å². The largest absolute Gasteiger partial charge is 0.490 e. The van der Waals surface area contributed by atoms with E-state index in [1.165, 1.54) is 18.3 Å². The van der Waals surface area contributed by atoms with Crippen LogP contribution in [0.1, 0.15) is 18.1 Å². The van der Waals surface area contributed by atoms with Gasteiger partial charge in [-0.15, -0.1) is 5.10 Å². The second kappa shape index (κ2) is 8.89. The van der Waals surface area contributed by atoms with Crippen LogP contribution < -0.4 is 20.9 Å². The molecule has 4 N–H and O–H groups in total. The molecule has 0 heterocycles. The van der Waals surface area contributed by atoms with Gasteiger partial charge < -0.3 is 20.9 Å². The van der Waals surface area contributed by atoms with Crippen molar-refractivity contribution in [3.05, 3.63) is 58.4 Å². The van der Waals surface area contributed by atoms with Crippen LogP contribution in [0.5, 0.6) is 11.5 Å². The van der Waals surface area contributed by atoms with Gasteiger partial charge in [-0.25, -0.2) is 4.39 Å². The number of nitrogens with zero attached hydrogens (tertiary/aromatic N) is 2. The van der Waals surface area contributed by atoms with Crippen molar-refractivity contribution in [3.63, 3.8) is 0 Å². The second-order valence-corrected chi connectivity index (χ2v) is 5.30. The summed E-state index contributed by atoms with van der Waals surface area (Å²) >= 11 is 6.00. The number of guanidine groups is 1. The molecule has 25 heavy (non-hydrogen) atoms. The second-order valence-electron chi connectivity index (χ2n) is 4.90. The van der Waals surface area contributed by atoms with Crippen LogP contribution in [0.2, 0.25) is 5.02 Å². The molecule has 0 amide bonds. The third kappa shape index (κ3) is 5.36. The van der Waals surface area contributed by atoms with Crippen molar-refractivity contribution in [1.82, 2.24) is 0 Å². The SMILES string of the molecule is CCOc1cc(C=NN=C(N)N)ccc1OCc1c(F)cccc1Cl. The first-order valence-corrected chi connectivity index (χ1v) is 7.83. The van der Waals surface area contributed by atoms with Crippen molar-refractivity contribution in [1.29, 1.82) is 0 Å². The molecule has 0 aliphatic rings. The number of benzene rings is 2. The summed E-state index contributed by atoms with van der Waals surface area (Å²) in [5, 5.41) is 7.57. The molecule has 0 unspecified atom stereocenters. The smallest absolute Gasteiger partial charge is 0.211 e. The van der Waals surface area contributed by atoms with Gasteiger partial charge >= 0.3 is 0 Å². The average Bonchev–Trinajstić information content (AvgIpc) is 2.56. The Morgan fingerprint density at radius 2 is 2.00 bits per heavy atom. The van der Waals surface area contributed by atoms with E-state index in [4.69, 9.17) is 32.5 Å². The first-order chi connectivity index (χ1) is 12.0. The van der Waals surface area contributed by atoms with Gasteiger partial charge in [0.25, 0.3) is 0 Å². The van der Waals surface area contributed by atoms with Crippen LogP contribution in [0.4, 0.5) is 4.39 Å². The molecule has 8 heteroatoms. The summed E-state index contributed by atoms with van der Waals surface area (Å²) in [7, 11) is 0. The molecule has 0 saturated carbocycles. The van der Waals surface area contributed by atoms with Crippen molar-refractivity contribution < 1.29 is 13.9 Å². The first kappa shape index (κ1) is 18.5. The summed E-state index contributed by atoms with van der Waals surface area (Å²) in [6.07, 6.45) is 1.47. The summed E-state index contributed by atoms with van der Waals surface area (Å²) < 4.78 is 25.1. The van der Waals surface area contributed by atoms with Crippen molar-refractivity contribution in [2.24, 2.45) is 21.7 Å². The number of halogens is 2. The topological polar surface area (TPSA) is 95.2 Å². The summed E-state index contributed by atoms with van der Waals surface area (Å²) in [5.41, 5.74) is 11.4. The van der Waals surface area contributed by atoms with Gasteiger partial charge in [-0.05, 0) is 42.8 Å². The zero-order valence-electron chi connectivity index (χ0n) is 13.6. The standard InChI is InChI=1S/C17H18ClFN4O2/c1-2-24-16-8-11(9-22-23-17(20)21)6-7-15(16)25-10-12-13(18)4-3-5-14(12)19/h3-9H,2,10H2,1H3,(H4,20,21,23). The Kier molecular flexibility index (Phi) is 6.59. The minimum atomic E-state index is -0.425. The van der Waals surface area contributed by atoms with Crippen molar-refractivity contribution in [2.45, 2.75) is 13.5 Å². The molecule has 0 aliphatic carbocycles. The summed E-state index contributed by atoms with van der Waals surface area (Å²) in [6.45, 7) is 2.26. The molecular formula is C17H18ClFN4O2. The first-order valence-electron chi connectivity index (χ1n) is 7.45. The van der Waals surface area contributed by atoms with E-state index < -0.39 is 5.82 Å². The van der Waals surface area contributed by atoms with Crippen molar-refractivity contribution in [3.8, 4) is 11.5 Å². The molecule has 0 aliphatic heterocycles. The Morgan fingerprint density at radius 1 is 1.20 bits per heavy atom. The van der Waals surface area contributed by atoms with E-state index in [1.807, 2.05) is 6.92 Å². The number of nitrogens with two attached hydrogens (primary N) is 2. The van der Waals surface area contributed by atoms with Crippen LogP contribution >= 0.6 is 11.6 Å². The fourth-order valence-electron chi connectivity index (χ4n) is 1.97. The maximum absolute atomic E-state index is 13.8. The molecule has 0 aromatic heterocycles. The lowest BCUT2D eigenvalue weighted by Gasteiger charge is -2.13. The maximum atomic E-state index is 13.8. The molecule has 0 radical (unpaired) electrons. The van der Waals surface area contributed by atoms with Gasteiger partial charge in [0.1, 0.15) is 12.4 Å². The maximum Gasteiger partial charge on any atom is 0.211 e. The fraction of sp³-hybridized carbons (Fsp3) is 0.176. The quantitative estimate of drug-likeness (QED) is 0.448. The Labute approximate surface area is 149 Å². The minimum absolute atomic E-state index is 0.0208. The van der Waals surface area contributed by atoms with E-state index >= 15 is 0 Å². The third-order valence-corrected chi connectivity index (χ3v) is 3.44. The van der Waals surface area contributed by atoms with E-state index in [1.54, 1.807) is 24.3 Å².